The number of aryl methyl sites for hydroxylation is 4. The Kier molecular flexibility index (Phi) is 8.85. The van der Waals surface area contributed by atoms with Crippen LogP contribution in [0.3, 0.4) is 0 Å². The first-order chi connectivity index (χ1) is 16.2. The van der Waals surface area contributed by atoms with Gasteiger partial charge < -0.3 is 10.1 Å². The van der Waals surface area contributed by atoms with Gasteiger partial charge in [-0.15, -0.1) is 0 Å². The summed E-state index contributed by atoms with van der Waals surface area (Å²) < 4.78 is 32.6. The lowest BCUT2D eigenvalue weighted by Crippen LogP contribution is -2.41. The minimum Gasteiger partial charge on any atom is -0.464 e. The van der Waals surface area contributed by atoms with Gasteiger partial charge >= 0.3 is 5.97 Å². The number of piperidine rings is 1. The number of carbonyl (C=O) groups is 2. The third-order valence-corrected chi connectivity index (χ3v) is 8.23. The molecule has 0 bridgehead atoms. The summed E-state index contributed by atoms with van der Waals surface area (Å²) in [6, 6.07) is 13.2. The van der Waals surface area contributed by atoms with Crippen molar-refractivity contribution in [3.05, 3.63) is 64.7 Å². The molecule has 1 aliphatic rings. The van der Waals surface area contributed by atoms with E-state index in [2.05, 4.69) is 5.32 Å². The van der Waals surface area contributed by atoms with Crippen LogP contribution in [-0.4, -0.2) is 50.8 Å². The van der Waals surface area contributed by atoms with E-state index >= 15 is 0 Å². The van der Waals surface area contributed by atoms with E-state index in [1.165, 1.54) is 9.87 Å². The molecule has 0 saturated carbocycles. The van der Waals surface area contributed by atoms with E-state index in [1.54, 1.807) is 12.1 Å². The van der Waals surface area contributed by atoms with Crippen molar-refractivity contribution in [2.45, 2.75) is 51.3 Å². The fourth-order valence-electron chi connectivity index (χ4n) is 3.92. The fraction of sp³-hybridized carbons (Fsp3) is 0.462. The molecule has 184 valence electrons. The molecule has 1 heterocycles. The highest BCUT2D eigenvalue weighted by Crippen LogP contribution is 2.25. The number of nitrogens with one attached hydrogen (secondary N) is 1. The van der Waals surface area contributed by atoms with Crippen molar-refractivity contribution in [3.8, 4) is 0 Å². The normalized spacial score (nSPS) is 15.1. The van der Waals surface area contributed by atoms with Crippen LogP contribution in [0.2, 0.25) is 0 Å². The zero-order chi connectivity index (χ0) is 24.7. The van der Waals surface area contributed by atoms with Crippen molar-refractivity contribution in [1.82, 2.24) is 9.62 Å². The number of rotatable bonds is 9. The maximum atomic E-state index is 12.9. The van der Waals surface area contributed by atoms with Gasteiger partial charge in [-0.05, 0) is 68.9 Å². The van der Waals surface area contributed by atoms with Gasteiger partial charge in [0.05, 0.1) is 17.4 Å². The number of hydrogen-bond acceptors (Lipinski definition) is 5. The second kappa shape index (κ2) is 11.6. The molecule has 1 aliphatic heterocycles. The second-order valence-corrected chi connectivity index (χ2v) is 10.9. The Labute approximate surface area is 202 Å². The number of hydrogen-bond donors (Lipinski definition) is 1. The van der Waals surface area contributed by atoms with Crippen molar-refractivity contribution in [2.75, 3.05) is 26.2 Å². The largest absolute Gasteiger partial charge is 0.464 e. The van der Waals surface area contributed by atoms with Crippen LogP contribution < -0.4 is 5.32 Å². The highest BCUT2D eigenvalue weighted by molar-refractivity contribution is 7.89. The Morgan fingerprint density at radius 3 is 2.32 bits per heavy atom. The summed E-state index contributed by atoms with van der Waals surface area (Å²) in [5, 5.41) is 2.77. The molecule has 1 amide bonds. The first-order valence-electron chi connectivity index (χ1n) is 11.7. The van der Waals surface area contributed by atoms with Crippen molar-refractivity contribution in [2.24, 2.45) is 5.92 Å². The quantitative estimate of drug-likeness (QED) is 0.434. The molecule has 1 fully saturated rings. The van der Waals surface area contributed by atoms with Gasteiger partial charge in [0, 0.05) is 19.5 Å². The molecule has 3 rings (SSSR count). The van der Waals surface area contributed by atoms with Crippen LogP contribution in [0.25, 0.3) is 0 Å². The number of sulfonamides is 1. The van der Waals surface area contributed by atoms with Crippen molar-refractivity contribution in [1.29, 1.82) is 0 Å². The predicted molar refractivity (Wildman–Crippen MR) is 131 cm³/mol. The molecular formula is C26H34N2O5S. The van der Waals surface area contributed by atoms with Crippen molar-refractivity contribution < 1.29 is 22.7 Å². The topological polar surface area (TPSA) is 92.8 Å². The van der Waals surface area contributed by atoms with Gasteiger partial charge in [0.2, 0.25) is 15.9 Å². The Morgan fingerprint density at radius 2 is 1.68 bits per heavy atom. The zero-order valence-corrected chi connectivity index (χ0v) is 21.0. The minimum atomic E-state index is -3.57. The van der Waals surface area contributed by atoms with Crippen LogP contribution in [0.5, 0.6) is 0 Å². The Hall–Kier alpha value is -2.71. The van der Waals surface area contributed by atoms with Gasteiger partial charge in [0.15, 0.2) is 0 Å². The van der Waals surface area contributed by atoms with E-state index in [1.807, 2.05) is 51.1 Å². The number of carbonyl (C=O) groups excluding carboxylic acids is 2. The maximum absolute atomic E-state index is 12.9. The Balaban J connectivity index is 1.36. The lowest BCUT2D eigenvalue weighted by molar-refractivity contribution is -0.150. The number of amides is 1. The summed E-state index contributed by atoms with van der Waals surface area (Å²) in [7, 11) is -3.57. The molecule has 34 heavy (non-hydrogen) atoms. The van der Waals surface area contributed by atoms with Crippen LogP contribution in [0.15, 0.2) is 47.4 Å². The smallest absolute Gasteiger partial charge is 0.309 e. The SMILES string of the molecule is Cc1ccc(CCC(=O)NCCOC(=O)C2CCN(S(=O)(=O)c3ccc(C)c(C)c3)CC2)cc1. The molecule has 1 saturated heterocycles. The van der Waals surface area contributed by atoms with Gasteiger partial charge in [-0.3, -0.25) is 9.59 Å². The van der Waals surface area contributed by atoms with Gasteiger partial charge in [-0.1, -0.05) is 35.9 Å². The van der Waals surface area contributed by atoms with Gasteiger partial charge in [0.25, 0.3) is 0 Å². The Bertz CT molecular complexity index is 1100. The summed E-state index contributed by atoms with van der Waals surface area (Å²) in [5.41, 5.74) is 4.27. The zero-order valence-electron chi connectivity index (χ0n) is 20.2. The highest BCUT2D eigenvalue weighted by Gasteiger charge is 2.32. The molecule has 1 N–H and O–H groups in total. The van der Waals surface area contributed by atoms with Crippen molar-refractivity contribution >= 4 is 21.9 Å². The predicted octanol–water partition coefficient (Wildman–Crippen LogP) is 3.30. The van der Waals surface area contributed by atoms with E-state index in [0.29, 0.717) is 25.7 Å². The maximum Gasteiger partial charge on any atom is 0.309 e. The van der Waals surface area contributed by atoms with Crippen molar-refractivity contribution in [3.63, 3.8) is 0 Å². The number of benzene rings is 2. The monoisotopic (exact) mass is 486 g/mol. The molecule has 0 radical (unpaired) electrons. The summed E-state index contributed by atoms with van der Waals surface area (Å²) >= 11 is 0. The molecule has 2 aromatic rings. The lowest BCUT2D eigenvalue weighted by Gasteiger charge is -2.30. The molecule has 0 aromatic heterocycles. The fourth-order valence-corrected chi connectivity index (χ4v) is 5.47. The van der Waals surface area contributed by atoms with Gasteiger partial charge in [0.1, 0.15) is 6.61 Å². The summed E-state index contributed by atoms with van der Waals surface area (Å²) in [6.45, 7) is 6.79. The number of nitrogens with zero attached hydrogens (tertiary/aromatic N) is 1. The molecule has 8 heteroatoms. The van der Waals surface area contributed by atoms with E-state index in [0.717, 1.165) is 16.7 Å². The Morgan fingerprint density at radius 1 is 1.00 bits per heavy atom. The van der Waals surface area contributed by atoms with E-state index in [9.17, 15) is 18.0 Å². The molecule has 0 spiro atoms. The summed E-state index contributed by atoms with van der Waals surface area (Å²) in [5.74, 6) is -0.748. The van der Waals surface area contributed by atoms with Crippen LogP contribution in [-0.2, 0) is 30.8 Å². The first kappa shape index (κ1) is 25.9. The second-order valence-electron chi connectivity index (χ2n) is 8.93. The van der Waals surface area contributed by atoms with Crippen LogP contribution in [0.1, 0.15) is 41.5 Å². The van der Waals surface area contributed by atoms with Crippen LogP contribution in [0.4, 0.5) is 0 Å². The molecule has 0 atom stereocenters. The molecule has 7 nitrogen and oxygen atoms in total. The first-order valence-corrected chi connectivity index (χ1v) is 13.2. The summed E-state index contributed by atoms with van der Waals surface area (Å²) in [4.78, 5) is 24.7. The van der Waals surface area contributed by atoms with Gasteiger partial charge in [-0.25, -0.2) is 8.42 Å². The molecular weight excluding hydrogens is 452 g/mol. The lowest BCUT2D eigenvalue weighted by atomic mass is 9.98. The number of ether oxygens (including phenoxy) is 1. The standard InChI is InChI=1S/C26H34N2O5S/c1-19-4-7-22(8-5-19)9-11-25(29)27-14-17-33-26(30)23-12-15-28(16-13-23)34(31,32)24-10-6-20(2)21(3)18-24/h4-8,10,18,23H,9,11-17H2,1-3H3,(H,27,29). The summed E-state index contributed by atoms with van der Waals surface area (Å²) in [6.07, 6.45) is 1.89. The highest BCUT2D eigenvalue weighted by atomic mass is 32.2. The van der Waals surface area contributed by atoms with E-state index < -0.39 is 10.0 Å². The average molecular weight is 487 g/mol. The third-order valence-electron chi connectivity index (χ3n) is 6.33. The van der Waals surface area contributed by atoms with Crippen LogP contribution in [0, 0.1) is 26.7 Å². The minimum absolute atomic E-state index is 0.0820. The third kappa shape index (κ3) is 6.90. The number of esters is 1. The molecule has 0 aliphatic carbocycles. The molecule has 0 unspecified atom stereocenters. The van der Waals surface area contributed by atoms with Crippen LogP contribution >= 0.6 is 0 Å². The van der Waals surface area contributed by atoms with E-state index in [4.69, 9.17) is 4.74 Å². The van der Waals surface area contributed by atoms with E-state index in [-0.39, 0.29) is 48.9 Å². The molecule has 2 aromatic carbocycles. The van der Waals surface area contributed by atoms with Gasteiger partial charge in [-0.2, -0.15) is 4.31 Å². The average Bonchev–Trinajstić information content (AvgIpc) is 2.83.